The van der Waals surface area contributed by atoms with Crippen molar-refractivity contribution in [3.8, 4) is 0 Å². The number of piperidine rings is 1. The van der Waals surface area contributed by atoms with E-state index >= 15 is 0 Å². The second kappa shape index (κ2) is 6.16. The number of hydrogen-bond donors (Lipinski definition) is 1. The summed E-state index contributed by atoms with van der Waals surface area (Å²) in [6.07, 6.45) is 2.91. The summed E-state index contributed by atoms with van der Waals surface area (Å²) in [4.78, 5) is 30.9. The lowest BCUT2D eigenvalue weighted by Crippen LogP contribution is -2.40. The van der Waals surface area contributed by atoms with E-state index in [4.69, 9.17) is 4.74 Å². The van der Waals surface area contributed by atoms with E-state index in [0.29, 0.717) is 17.8 Å². The summed E-state index contributed by atoms with van der Waals surface area (Å²) in [5.74, 6) is -0.0245. The Labute approximate surface area is 134 Å². The number of carbonyl (C=O) groups is 1. The topological polar surface area (TPSA) is 79.7 Å². The maximum Gasteiger partial charge on any atom is 0.275 e. The van der Waals surface area contributed by atoms with Gasteiger partial charge < -0.3 is 9.64 Å². The van der Waals surface area contributed by atoms with Crippen LogP contribution in [0, 0.1) is 13.8 Å². The summed E-state index contributed by atoms with van der Waals surface area (Å²) in [5, 5.41) is 3.14. The molecule has 1 atom stereocenters. The molecule has 7 heteroatoms. The van der Waals surface area contributed by atoms with Gasteiger partial charge in [0, 0.05) is 31.0 Å². The SMILES string of the molecule is COCC(=O)N1CCCC[C@@H]1c1cc2nc(C)c(C)c(=O)n2[nH]1. The molecule has 0 aromatic carbocycles. The third-order valence-electron chi connectivity index (χ3n) is 4.55. The molecule has 3 heterocycles. The van der Waals surface area contributed by atoms with Gasteiger partial charge in [0.2, 0.25) is 5.91 Å². The number of aromatic amines is 1. The molecule has 0 unspecified atom stereocenters. The first-order valence-corrected chi connectivity index (χ1v) is 7.90. The summed E-state index contributed by atoms with van der Waals surface area (Å²) < 4.78 is 6.45. The lowest BCUT2D eigenvalue weighted by Gasteiger charge is -2.35. The number of rotatable bonds is 3. The van der Waals surface area contributed by atoms with Crippen molar-refractivity contribution >= 4 is 11.6 Å². The molecule has 1 fully saturated rings. The molecule has 2 aromatic heterocycles. The lowest BCUT2D eigenvalue weighted by atomic mass is 9.99. The van der Waals surface area contributed by atoms with Crippen molar-refractivity contribution in [1.29, 1.82) is 0 Å². The molecular weight excluding hydrogens is 296 g/mol. The number of aromatic nitrogens is 3. The van der Waals surface area contributed by atoms with Crippen LogP contribution in [-0.4, -0.2) is 45.7 Å². The third-order valence-corrected chi connectivity index (χ3v) is 4.55. The molecule has 1 N–H and O–H groups in total. The Morgan fingerprint density at radius 2 is 2.22 bits per heavy atom. The van der Waals surface area contributed by atoms with Gasteiger partial charge in [-0.1, -0.05) is 0 Å². The molecule has 1 aliphatic heterocycles. The Bertz CT molecular complexity index is 792. The Morgan fingerprint density at radius 3 is 2.96 bits per heavy atom. The predicted molar refractivity (Wildman–Crippen MR) is 85.5 cm³/mol. The highest BCUT2D eigenvalue weighted by molar-refractivity contribution is 5.78. The number of nitrogens with zero attached hydrogens (tertiary/aromatic N) is 3. The van der Waals surface area contributed by atoms with Crippen LogP contribution < -0.4 is 5.56 Å². The smallest absolute Gasteiger partial charge is 0.275 e. The molecule has 23 heavy (non-hydrogen) atoms. The maximum atomic E-state index is 12.4. The van der Waals surface area contributed by atoms with Crippen molar-refractivity contribution in [2.24, 2.45) is 0 Å². The van der Waals surface area contributed by atoms with Crippen molar-refractivity contribution in [3.05, 3.63) is 33.4 Å². The molecule has 0 aliphatic carbocycles. The molecule has 3 rings (SSSR count). The summed E-state index contributed by atoms with van der Waals surface area (Å²) in [5.41, 5.74) is 2.72. The van der Waals surface area contributed by atoms with E-state index in [1.807, 2.05) is 17.9 Å². The molecule has 124 valence electrons. The summed E-state index contributed by atoms with van der Waals surface area (Å²) >= 11 is 0. The van der Waals surface area contributed by atoms with Gasteiger partial charge in [-0.2, -0.15) is 0 Å². The van der Waals surface area contributed by atoms with Crippen LogP contribution in [0.2, 0.25) is 0 Å². The molecule has 0 spiro atoms. The number of aryl methyl sites for hydroxylation is 1. The van der Waals surface area contributed by atoms with Crippen molar-refractivity contribution in [2.75, 3.05) is 20.3 Å². The first-order chi connectivity index (χ1) is 11.0. The van der Waals surface area contributed by atoms with Crippen LogP contribution in [0.4, 0.5) is 0 Å². The zero-order valence-electron chi connectivity index (χ0n) is 13.8. The normalized spacial score (nSPS) is 18.6. The van der Waals surface area contributed by atoms with Crippen LogP contribution in [0.3, 0.4) is 0 Å². The van der Waals surface area contributed by atoms with E-state index in [2.05, 4.69) is 10.1 Å². The van der Waals surface area contributed by atoms with Gasteiger partial charge in [-0.25, -0.2) is 9.50 Å². The first-order valence-electron chi connectivity index (χ1n) is 7.90. The zero-order valence-corrected chi connectivity index (χ0v) is 13.8. The van der Waals surface area contributed by atoms with E-state index in [0.717, 1.165) is 30.7 Å². The molecule has 7 nitrogen and oxygen atoms in total. The lowest BCUT2D eigenvalue weighted by molar-refractivity contribution is -0.139. The highest BCUT2D eigenvalue weighted by Crippen LogP contribution is 2.30. The molecule has 1 aliphatic rings. The monoisotopic (exact) mass is 318 g/mol. The molecule has 1 amide bonds. The minimum Gasteiger partial charge on any atom is -0.375 e. The van der Waals surface area contributed by atoms with Gasteiger partial charge in [-0.3, -0.25) is 14.7 Å². The summed E-state index contributed by atoms with van der Waals surface area (Å²) in [6.45, 7) is 4.39. The molecule has 2 aromatic rings. The van der Waals surface area contributed by atoms with Gasteiger partial charge in [-0.15, -0.1) is 0 Å². The largest absolute Gasteiger partial charge is 0.375 e. The van der Waals surface area contributed by atoms with Crippen LogP contribution in [0.5, 0.6) is 0 Å². The van der Waals surface area contributed by atoms with Gasteiger partial charge in [0.15, 0.2) is 5.65 Å². The highest BCUT2D eigenvalue weighted by atomic mass is 16.5. The van der Waals surface area contributed by atoms with Crippen LogP contribution >= 0.6 is 0 Å². The fourth-order valence-corrected chi connectivity index (χ4v) is 3.17. The number of nitrogens with one attached hydrogen (secondary N) is 1. The molecule has 0 saturated carbocycles. The third kappa shape index (κ3) is 2.76. The van der Waals surface area contributed by atoms with E-state index in [1.165, 1.54) is 11.6 Å². The van der Waals surface area contributed by atoms with E-state index in [9.17, 15) is 9.59 Å². The van der Waals surface area contributed by atoms with Gasteiger partial charge >= 0.3 is 0 Å². The summed E-state index contributed by atoms with van der Waals surface area (Å²) in [6, 6.07) is 1.81. The predicted octanol–water partition coefficient (Wildman–Crippen LogP) is 1.34. The van der Waals surface area contributed by atoms with Crippen molar-refractivity contribution in [3.63, 3.8) is 0 Å². The average molecular weight is 318 g/mol. The Morgan fingerprint density at radius 1 is 1.43 bits per heavy atom. The molecule has 0 bridgehead atoms. The number of carbonyl (C=O) groups excluding carboxylic acids is 1. The number of amides is 1. The highest BCUT2D eigenvalue weighted by Gasteiger charge is 2.29. The van der Waals surface area contributed by atoms with Gasteiger partial charge in [-0.05, 0) is 33.1 Å². The van der Waals surface area contributed by atoms with E-state index in [1.54, 1.807) is 6.92 Å². The fraction of sp³-hybridized carbons (Fsp3) is 0.562. The zero-order chi connectivity index (χ0) is 16.6. The number of H-pyrrole nitrogens is 1. The Balaban J connectivity index is 2.02. The second-order valence-electron chi connectivity index (χ2n) is 6.06. The number of methoxy groups -OCH3 is 1. The molecular formula is C16H22N4O3. The standard InChI is InChI=1S/C16H22N4O3/c1-10-11(2)17-14-8-12(18-20(14)16(10)22)13-6-4-5-7-19(13)15(21)9-23-3/h8,13,18H,4-7,9H2,1-3H3/t13-/m1/s1. The van der Waals surface area contributed by atoms with Gasteiger partial charge in [0.05, 0.1) is 11.7 Å². The van der Waals surface area contributed by atoms with Crippen LogP contribution in [0.25, 0.3) is 5.65 Å². The maximum absolute atomic E-state index is 12.4. The van der Waals surface area contributed by atoms with Crippen molar-refractivity contribution in [1.82, 2.24) is 19.5 Å². The minimum atomic E-state index is -0.0932. The fourth-order valence-electron chi connectivity index (χ4n) is 3.17. The van der Waals surface area contributed by atoms with Crippen molar-refractivity contribution < 1.29 is 9.53 Å². The average Bonchev–Trinajstić information content (AvgIpc) is 2.97. The van der Waals surface area contributed by atoms with E-state index < -0.39 is 0 Å². The molecule has 1 saturated heterocycles. The summed E-state index contributed by atoms with van der Waals surface area (Å²) in [7, 11) is 1.52. The van der Waals surface area contributed by atoms with Crippen LogP contribution in [0.1, 0.15) is 42.3 Å². The second-order valence-corrected chi connectivity index (χ2v) is 6.06. The van der Waals surface area contributed by atoms with Crippen LogP contribution in [-0.2, 0) is 9.53 Å². The minimum absolute atomic E-state index is 0.0245. The Kier molecular flexibility index (Phi) is 4.21. The number of likely N-dealkylation sites (tertiary alicyclic amines) is 1. The number of hydrogen-bond acceptors (Lipinski definition) is 4. The van der Waals surface area contributed by atoms with Crippen molar-refractivity contribution in [2.45, 2.75) is 39.2 Å². The van der Waals surface area contributed by atoms with Gasteiger partial charge in [0.1, 0.15) is 6.61 Å². The van der Waals surface area contributed by atoms with Gasteiger partial charge in [0.25, 0.3) is 5.56 Å². The van der Waals surface area contributed by atoms with Crippen LogP contribution in [0.15, 0.2) is 10.9 Å². The Hall–Kier alpha value is -2.15. The number of ether oxygens (including phenoxy) is 1. The first kappa shape index (κ1) is 15.7. The van der Waals surface area contributed by atoms with E-state index in [-0.39, 0.29) is 24.1 Å². The number of fused-ring (bicyclic) bond motifs is 1. The molecule has 0 radical (unpaired) electrons. The quantitative estimate of drug-likeness (QED) is 0.926.